The Kier molecular flexibility index (Phi) is 3.00. The van der Waals surface area contributed by atoms with E-state index in [1.54, 1.807) is 12.1 Å². The Hall–Kier alpha value is -1.85. The van der Waals surface area contributed by atoms with E-state index in [9.17, 15) is 4.79 Å². The number of oxazole rings is 1. The summed E-state index contributed by atoms with van der Waals surface area (Å²) in [5, 5.41) is 0. The van der Waals surface area contributed by atoms with E-state index in [0.29, 0.717) is 11.1 Å². The van der Waals surface area contributed by atoms with Gasteiger partial charge < -0.3 is 10.2 Å². The fourth-order valence-corrected chi connectivity index (χ4v) is 2.59. The standard InChI is InChI=1S/C14H11BrN2O2/c15-10-4-2-1-3-9(10)13(16)8-5-6-11-12(7-8)19-14(18)17-11/h1-7,13H,16H2,(H,17,18). The van der Waals surface area contributed by atoms with Crippen molar-refractivity contribution in [2.45, 2.75) is 6.04 Å². The Morgan fingerprint density at radius 1 is 1.21 bits per heavy atom. The van der Waals surface area contributed by atoms with E-state index in [1.165, 1.54) is 0 Å². The zero-order valence-electron chi connectivity index (χ0n) is 9.89. The fraction of sp³-hybridized carbons (Fsp3) is 0.0714. The summed E-state index contributed by atoms with van der Waals surface area (Å²) in [7, 11) is 0. The van der Waals surface area contributed by atoms with Crippen molar-refractivity contribution in [3.63, 3.8) is 0 Å². The molecule has 0 saturated carbocycles. The van der Waals surface area contributed by atoms with Crippen LogP contribution in [0.1, 0.15) is 17.2 Å². The molecule has 0 aliphatic heterocycles. The Balaban J connectivity index is 2.08. The number of hydrogen-bond donors (Lipinski definition) is 2. The molecule has 1 aromatic heterocycles. The van der Waals surface area contributed by atoms with E-state index in [-0.39, 0.29) is 6.04 Å². The first-order valence-electron chi connectivity index (χ1n) is 5.78. The average molecular weight is 319 g/mol. The third-order valence-corrected chi connectivity index (χ3v) is 3.77. The number of nitrogens with two attached hydrogens (primary N) is 1. The summed E-state index contributed by atoms with van der Waals surface area (Å²) in [6.07, 6.45) is 0. The van der Waals surface area contributed by atoms with Crippen LogP contribution in [0.2, 0.25) is 0 Å². The van der Waals surface area contributed by atoms with Gasteiger partial charge in [0.1, 0.15) is 0 Å². The summed E-state index contributed by atoms with van der Waals surface area (Å²) in [4.78, 5) is 13.7. The average Bonchev–Trinajstić information content (AvgIpc) is 2.77. The van der Waals surface area contributed by atoms with E-state index < -0.39 is 5.76 Å². The maximum atomic E-state index is 11.1. The number of hydrogen-bond acceptors (Lipinski definition) is 3. The van der Waals surface area contributed by atoms with Crippen LogP contribution in [0, 0.1) is 0 Å². The second kappa shape index (κ2) is 4.68. The van der Waals surface area contributed by atoms with Crippen LogP contribution in [0.15, 0.2) is 56.1 Å². The van der Waals surface area contributed by atoms with Gasteiger partial charge in [-0.05, 0) is 29.3 Å². The molecule has 0 aliphatic rings. The lowest BCUT2D eigenvalue weighted by Gasteiger charge is -2.14. The van der Waals surface area contributed by atoms with Gasteiger partial charge in [0.25, 0.3) is 0 Å². The van der Waals surface area contributed by atoms with E-state index in [0.717, 1.165) is 15.6 Å². The summed E-state index contributed by atoms with van der Waals surface area (Å²) in [5.74, 6) is -0.457. The summed E-state index contributed by atoms with van der Waals surface area (Å²) in [6.45, 7) is 0. The Bertz CT molecular complexity index is 791. The maximum Gasteiger partial charge on any atom is 0.417 e. The number of aromatic nitrogens is 1. The molecule has 0 amide bonds. The SMILES string of the molecule is NC(c1ccc2[nH]c(=O)oc2c1)c1ccccc1Br. The number of H-pyrrole nitrogens is 1. The lowest BCUT2D eigenvalue weighted by molar-refractivity contribution is 0.555. The summed E-state index contributed by atoms with van der Waals surface area (Å²) in [6, 6.07) is 13.0. The zero-order chi connectivity index (χ0) is 13.4. The number of fused-ring (bicyclic) bond motifs is 1. The van der Waals surface area contributed by atoms with Crippen molar-refractivity contribution in [2.24, 2.45) is 5.73 Å². The molecule has 2 aromatic carbocycles. The van der Waals surface area contributed by atoms with Gasteiger partial charge in [0.15, 0.2) is 5.58 Å². The number of nitrogens with one attached hydrogen (secondary N) is 1. The first-order valence-corrected chi connectivity index (χ1v) is 6.57. The third-order valence-electron chi connectivity index (χ3n) is 3.04. The van der Waals surface area contributed by atoms with Gasteiger partial charge in [-0.1, -0.05) is 40.2 Å². The lowest BCUT2D eigenvalue weighted by Crippen LogP contribution is -2.12. The molecule has 19 heavy (non-hydrogen) atoms. The smallest absolute Gasteiger partial charge is 0.408 e. The minimum absolute atomic E-state index is 0.278. The van der Waals surface area contributed by atoms with Crippen molar-refractivity contribution in [3.05, 3.63) is 68.6 Å². The monoisotopic (exact) mass is 318 g/mol. The zero-order valence-corrected chi connectivity index (χ0v) is 11.5. The van der Waals surface area contributed by atoms with Crippen LogP contribution in [-0.2, 0) is 0 Å². The van der Waals surface area contributed by atoms with Crippen molar-refractivity contribution < 1.29 is 4.42 Å². The highest BCUT2D eigenvalue weighted by molar-refractivity contribution is 9.10. The van der Waals surface area contributed by atoms with Gasteiger partial charge in [0, 0.05) is 4.47 Å². The van der Waals surface area contributed by atoms with Gasteiger partial charge in [-0.15, -0.1) is 0 Å². The van der Waals surface area contributed by atoms with Gasteiger partial charge in [0.2, 0.25) is 0 Å². The highest BCUT2D eigenvalue weighted by atomic mass is 79.9. The van der Waals surface area contributed by atoms with Gasteiger partial charge >= 0.3 is 5.76 Å². The van der Waals surface area contributed by atoms with Crippen molar-refractivity contribution in [1.82, 2.24) is 4.98 Å². The second-order valence-electron chi connectivity index (χ2n) is 4.27. The molecule has 5 heteroatoms. The number of rotatable bonds is 2. The van der Waals surface area contributed by atoms with Gasteiger partial charge in [-0.2, -0.15) is 0 Å². The molecule has 0 saturated heterocycles. The molecule has 0 radical (unpaired) electrons. The van der Waals surface area contributed by atoms with E-state index in [1.807, 2.05) is 30.3 Å². The molecule has 96 valence electrons. The fourth-order valence-electron chi connectivity index (χ4n) is 2.06. The molecule has 1 atom stereocenters. The summed E-state index contributed by atoms with van der Waals surface area (Å²) < 4.78 is 6.00. The topological polar surface area (TPSA) is 72.0 Å². The minimum Gasteiger partial charge on any atom is -0.408 e. The number of halogens is 1. The molecule has 0 fully saturated rings. The molecule has 3 rings (SSSR count). The van der Waals surface area contributed by atoms with Crippen molar-refractivity contribution in [3.8, 4) is 0 Å². The van der Waals surface area contributed by atoms with Crippen LogP contribution >= 0.6 is 15.9 Å². The van der Waals surface area contributed by atoms with Crippen LogP contribution in [0.4, 0.5) is 0 Å². The Labute approximate surface area is 117 Å². The van der Waals surface area contributed by atoms with Crippen LogP contribution < -0.4 is 11.5 Å². The first-order chi connectivity index (χ1) is 9.15. The first kappa shape index (κ1) is 12.2. The van der Waals surface area contributed by atoms with Gasteiger partial charge in [-0.3, -0.25) is 4.98 Å². The molecule has 1 unspecified atom stereocenters. The highest BCUT2D eigenvalue weighted by Gasteiger charge is 2.13. The third kappa shape index (κ3) is 2.22. The Morgan fingerprint density at radius 2 is 2.00 bits per heavy atom. The maximum absolute atomic E-state index is 11.1. The normalized spacial score (nSPS) is 12.7. The molecule has 1 heterocycles. The van der Waals surface area contributed by atoms with Crippen LogP contribution in [0.5, 0.6) is 0 Å². The molecular formula is C14H11BrN2O2. The molecule has 3 aromatic rings. The predicted octanol–water partition coefficient (Wildman–Crippen LogP) is 2.93. The van der Waals surface area contributed by atoms with Gasteiger partial charge in [-0.25, -0.2) is 4.79 Å². The Morgan fingerprint density at radius 3 is 2.79 bits per heavy atom. The van der Waals surface area contributed by atoms with E-state index in [4.69, 9.17) is 10.2 Å². The van der Waals surface area contributed by atoms with Crippen LogP contribution in [0.25, 0.3) is 11.1 Å². The van der Waals surface area contributed by atoms with Gasteiger partial charge in [0.05, 0.1) is 11.6 Å². The van der Waals surface area contributed by atoms with E-state index in [2.05, 4.69) is 20.9 Å². The molecule has 0 aliphatic carbocycles. The quantitative estimate of drug-likeness (QED) is 0.763. The number of aromatic amines is 1. The lowest BCUT2D eigenvalue weighted by atomic mass is 9.99. The second-order valence-corrected chi connectivity index (χ2v) is 5.12. The predicted molar refractivity (Wildman–Crippen MR) is 77.0 cm³/mol. The molecule has 3 N–H and O–H groups in total. The van der Waals surface area contributed by atoms with E-state index >= 15 is 0 Å². The minimum atomic E-state index is -0.457. The summed E-state index contributed by atoms with van der Waals surface area (Å²) >= 11 is 3.49. The largest absolute Gasteiger partial charge is 0.417 e. The van der Waals surface area contributed by atoms with Crippen molar-refractivity contribution >= 4 is 27.0 Å². The van der Waals surface area contributed by atoms with Crippen LogP contribution in [0.3, 0.4) is 0 Å². The molecular weight excluding hydrogens is 308 g/mol. The van der Waals surface area contributed by atoms with Crippen molar-refractivity contribution in [1.29, 1.82) is 0 Å². The van der Waals surface area contributed by atoms with Crippen molar-refractivity contribution in [2.75, 3.05) is 0 Å². The highest BCUT2D eigenvalue weighted by Crippen LogP contribution is 2.27. The molecule has 0 bridgehead atoms. The molecule has 4 nitrogen and oxygen atoms in total. The number of benzene rings is 2. The summed E-state index contributed by atoms with van der Waals surface area (Å²) in [5.41, 5.74) is 9.32. The van der Waals surface area contributed by atoms with Crippen LogP contribution in [-0.4, -0.2) is 4.98 Å². The molecule has 0 spiro atoms.